The summed E-state index contributed by atoms with van der Waals surface area (Å²) in [6.07, 6.45) is 0. The Balaban J connectivity index is 2.26. The van der Waals surface area contributed by atoms with Crippen LogP contribution < -0.4 is 10.1 Å². The Morgan fingerprint density at radius 1 is 1.23 bits per heavy atom. The zero-order chi connectivity index (χ0) is 16.3. The molecule has 0 unspecified atom stereocenters. The van der Waals surface area contributed by atoms with Gasteiger partial charge in [0.15, 0.2) is 0 Å². The molecule has 0 bridgehead atoms. The van der Waals surface area contributed by atoms with Gasteiger partial charge in [0, 0.05) is 16.8 Å². The monoisotopic (exact) mass is 340 g/mol. The minimum atomic E-state index is -0.601. The molecule has 0 aliphatic heterocycles. The number of halogens is 2. The van der Waals surface area contributed by atoms with Crippen LogP contribution in [0.3, 0.4) is 0 Å². The second-order valence-corrected chi connectivity index (χ2v) is 5.07. The molecule has 0 aromatic heterocycles. The minimum absolute atomic E-state index is 0.0640. The van der Waals surface area contributed by atoms with E-state index in [2.05, 4.69) is 5.32 Å². The van der Waals surface area contributed by atoms with Crippen LogP contribution >= 0.6 is 23.2 Å². The van der Waals surface area contributed by atoms with Crippen LogP contribution in [0.2, 0.25) is 10.0 Å². The average molecular weight is 341 g/mol. The number of ether oxygens (including phenoxy) is 1. The molecular weight excluding hydrogens is 331 g/mol. The first-order valence-electron chi connectivity index (χ1n) is 6.01. The number of benzene rings is 2. The Bertz CT molecular complexity index is 750. The van der Waals surface area contributed by atoms with Crippen molar-refractivity contribution >= 4 is 40.5 Å². The van der Waals surface area contributed by atoms with E-state index in [1.165, 1.54) is 37.4 Å². The number of methoxy groups -OCH3 is 1. The summed E-state index contributed by atoms with van der Waals surface area (Å²) < 4.78 is 5.10. The lowest BCUT2D eigenvalue weighted by Gasteiger charge is -2.10. The average Bonchev–Trinajstić information content (AvgIpc) is 2.46. The van der Waals surface area contributed by atoms with Crippen LogP contribution in [0.4, 0.5) is 11.4 Å². The number of rotatable bonds is 4. The summed E-state index contributed by atoms with van der Waals surface area (Å²) in [4.78, 5) is 22.3. The normalized spacial score (nSPS) is 10.1. The molecule has 1 N–H and O–H groups in total. The van der Waals surface area contributed by atoms with Gasteiger partial charge in [-0.15, -0.1) is 0 Å². The Labute approximate surface area is 135 Å². The summed E-state index contributed by atoms with van der Waals surface area (Å²) in [5.41, 5.74) is 0.378. The second kappa shape index (κ2) is 6.64. The second-order valence-electron chi connectivity index (χ2n) is 4.22. The molecule has 6 nitrogen and oxygen atoms in total. The van der Waals surface area contributed by atoms with E-state index in [0.29, 0.717) is 16.5 Å². The molecule has 0 heterocycles. The molecule has 0 aliphatic carbocycles. The van der Waals surface area contributed by atoms with Gasteiger partial charge in [0.1, 0.15) is 10.8 Å². The molecule has 0 atom stereocenters. The predicted molar refractivity (Wildman–Crippen MR) is 84.1 cm³/mol. The van der Waals surface area contributed by atoms with Crippen LogP contribution in [0.1, 0.15) is 10.4 Å². The van der Waals surface area contributed by atoms with Crippen molar-refractivity contribution in [3.63, 3.8) is 0 Å². The predicted octanol–water partition coefficient (Wildman–Crippen LogP) is 4.16. The molecule has 22 heavy (non-hydrogen) atoms. The van der Waals surface area contributed by atoms with Gasteiger partial charge in [0.2, 0.25) is 0 Å². The summed E-state index contributed by atoms with van der Waals surface area (Å²) in [7, 11) is 1.42. The lowest BCUT2D eigenvalue weighted by atomic mass is 10.2. The quantitative estimate of drug-likeness (QED) is 0.669. The first-order chi connectivity index (χ1) is 10.4. The molecular formula is C14H10Cl2N2O4. The fraction of sp³-hybridized carbons (Fsp3) is 0.0714. The molecule has 2 aromatic rings. The lowest BCUT2D eigenvalue weighted by Crippen LogP contribution is -2.13. The van der Waals surface area contributed by atoms with Crippen molar-refractivity contribution < 1.29 is 14.5 Å². The fourth-order valence-corrected chi connectivity index (χ4v) is 2.20. The van der Waals surface area contributed by atoms with Crippen LogP contribution in [0.5, 0.6) is 5.75 Å². The standard InChI is InChI=1S/C14H10Cl2N2O4/c1-22-13-6-8(15)2-4-10(13)14(19)17-9-3-5-12(18(20)21)11(16)7-9/h2-7H,1H3,(H,17,19). The van der Waals surface area contributed by atoms with Crippen molar-refractivity contribution in [3.05, 3.63) is 62.1 Å². The largest absolute Gasteiger partial charge is 0.496 e. The number of carbonyl (C=O) groups excluding carboxylic acids is 1. The number of hydrogen-bond donors (Lipinski definition) is 1. The Hall–Kier alpha value is -2.31. The zero-order valence-electron chi connectivity index (χ0n) is 11.3. The summed E-state index contributed by atoms with van der Waals surface area (Å²) >= 11 is 11.6. The van der Waals surface area contributed by atoms with Crippen molar-refractivity contribution in [1.29, 1.82) is 0 Å². The van der Waals surface area contributed by atoms with Gasteiger partial charge in [-0.3, -0.25) is 14.9 Å². The first-order valence-corrected chi connectivity index (χ1v) is 6.77. The molecule has 0 saturated heterocycles. The third-order valence-corrected chi connectivity index (χ3v) is 3.35. The van der Waals surface area contributed by atoms with E-state index >= 15 is 0 Å². The highest BCUT2D eigenvalue weighted by atomic mass is 35.5. The van der Waals surface area contributed by atoms with E-state index in [4.69, 9.17) is 27.9 Å². The molecule has 8 heteroatoms. The van der Waals surface area contributed by atoms with Gasteiger partial charge in [-0.1, -0.05) is 23.2 Å². The SMILES string of the molecule is COc1cc(Cl)ccc1C(=O)Nc1ccc([N+](=O)[O-])c(Cl)c1. The van der Waals surface area contributed by atoms with E-state index in [9.17, 15) is 14.9 Å². The third-order valence-electron chi connectivity index (χ3n) is 2.81. The summed E-state index contributed by atoms with van der Waals surface area (Å²) in [5, 5.41) is 13.7. The molecule has 1 amide bonds. The van der Waals surface area contributed by atoms with E-state index in [1.54, 1.807) is 6.07 Å². The van der Waals surface area contributed by atoms with Gasteiger partial charge < -0.3 is 10.1 Å². The summed E-state index contributed by atoms with van der Waals surface area (Å²) in [6, 6.07) is 8.51. The zero-order valence-corrected chi connectivity index (χ0v) is 12.8. The molecule has 2 aromatic carbocycles. The Morgan fingerprint density at radius 3 is 2.55 bits per heavy atom. The molecule has 114 valence electrons. The van der Waals surface area contributed by atoms with Crippen LogP contribution in [0.25, 0.3) is 0 Å². The lowest BCUT2D eigenvalue weighted by molar-refractivity contribution is -0.384. The Kier molecular flexibility index (Phi) is 4.85. The van der Waals surface area contributed by atoms with E-state index in [0.717, 1.165) is 0 Å². The van der Waals surface area contributed by atoms with Gasteiger partial charge in [-0.05, 0) is 30.3 Å². The fourth-order valence-electron chi connectivity index (χ4n) is 1.78. The number of carbonyl (C=O) groups is 1. The smallest absolute Gasteiger partial charge is 0.288 e. The van der Waals surface area contributed by atoms with E-state index in [1.807, 2.05) is 0 Å². The number of hydrogen-bond acceptors (Lipinski definition) is 4. The van der Waals surface area contributed by atoms with Gasteiger partial charge in [0.25, 0.3) is 11.6 Å². The van der Waals surface area contributed by atoms with E-state index < -0.39 is 10.8 Å². The summed E-state index contributed by atoms with van der Waals surface area (Å²) in [5.74, 6) is -0.128. The maximum atomic E-state index is 12.2. The number of anilines is 1. The van der Waals surface area contributed by atoms with Crippen LogP contribution in [0.15, 0.2) is 36.4 Å². The number of nitrogens with zero attached hydrogens (tertiary/aromatic N) is 1. The first kappa shape index (κ1) is 16.1. The molecule has 0 aliphatic rings. The molecule has 0 spiro atoms. The van der Waals surface area contributed by atoms with Crippen LogP contribution in [-0.4, -0.2) is 17.9 Å². The molecule has 0 fully saturated rings. The highest BCUT2D eigenvalue weighted by Gasteiger charge is 2.16. The van der Waals surface area contributed by atoms with Gasteiger partial charge >= 0.3 is 0 Å². The van der Waals surface area contributed by atoms with Crippen molar-refractivity contribution in [3.8, 4) is 5.75 Å². The van der Waals surface area contributed by atoms with Crippen LogP contribution in [-0.2, 0) is 0 Å². The highest BCUT2D eigenvalue weighted by Crippen LogP contribution is 2.28. The van der Waals surface area contributed by atoms with Gasteiger partial charge in [-0.25, -0.2) is 0 Å². The van der Waals surface area contributed by atoms with Crippen molar-refractivity contribution in [1.82, 2.24) is 0 Å². The Morgan fingerprint density at radius 2 is 1.95 bits per heavy atom. The third kappa shape index (κ3) is 3.47. The highest BCUT2D eigenvalue weighted by molar-refractivity contribution is 6.33. The van der Waals surface area contributed by atoms with Crippen molar-refractivity contribution in [2.75, 3.05) is 12.4 Å². The number of amides is 1. The minimum Gasteiger partial charge on any atom is -0.496 e. The maximum Gasteiger partial charge on any atom is 0.288 e. The number of nitro benzene ring substituents is 1. The molecule has 0 radical (unpaired) electrons. The number of nitro groups is 1. The van der Waals surface area contributed by atoms with Crippen LogP contribution in [0, 0.1) is 10.1 Å². The number of nitrogens with one attached hydrogen (secondary N) is 1. The van der Waals surface area contributed by atoms with Crippen molar-refractivity contribution in [2.24, 2.45) is 0 Å². The molecule has 2 rings (SSSR count). The summed E-state index contributed by atoms with van der Waals surface area (Å²) in [6.45, 7) is 0. The van der Waals surface area contributed by atoms with Crippen molar-refractivity contribution in [2.45, 2.75) is 0 Å². The van der Waals surface area contributed by atoms with Gasteiger partial charge in [0.05, 0.1) is 17.6 Å². The van der Waals surface area contributed by atoms with E-state index in [-0.39, 0.29) is 16.3 Å². The van der Waals surface area contributed by atoms with Gasteiger partial charge in [-0.2, -0.15) is 0 Å². The topological polar surface area (TPSA) is 81.5 Å². The maximum absolute atomic E-state index is 12.2. The molecule has 0 saturated carbocycles.